The second kappa shape index (κ2) is 13.4. The van der Waals surface area contributed by atoms with E-state index >= 15 is 0 Å². The average Bonchev–Trinajstić information content (AvgIpc) is 2.95. The van der Waals surface area contributed by atoms with E-state index in [9.17, 15) is 14.4 Å². The highest BCUT2D eigenvalue weighted by atomic mass is 19.1. The molecule has 0 spiro atoms. The zero-order valence-corrected chi connectivity index (χ0v) is 22.4. The summed E-state index contributed by atoms with van der Waals surface area (Å²) < 4.78 is 41.4. The Morgan fingerprint density at radius 2 is 1.75 bits per heavy atom. The van der Waals surface area contributed by atoms with E-state index in [1.165, 1.54) is 30.3 Å². The standard InChI is InChI=1S/C31H31FN2O6/c1-3-5-6-15-37-26-14-7-20(16-28(26)36-4-2)30-24-13-12-23(17-27(24)40-31(34)25(30)18-33)39-29(35)19-38-22-10-8-21(32)9-11-22/h7-14,16-17,30H,3-6,15,19,34H2,1-2H3. The van der Waals surface area contributed by atoms with Crippen LogP contribution in [0, 0.1) is 17.1 Å². The number of esters is 1. The number of allylic oxidation sites excluding steroid dienone is 1. The maximum absolute atomic E-state index is 13.1. The highest BCUT2D eigenvalue weighted by Gasteiger charge is 2.32. The molecule has 1 atom stereocenters. The summed E-state index contributed by atoms with van der Waals surface area (Å²) in [5.41, 5.74) is 7.85. The molecule has 9 heteroatoms. The second-order valence-corrected chi connectivity index (χ2v) is 9.04. The van der Waals surface area contributed by atoms with Crippen molar-refractivity contribution in [3.05, 3.63) is 89.1 Å². The number of nitrogens with two attached hydrogens (primary N) is 1. The molecular weight excluding hydrogens is 515 g/mol. The molecule has 0 aliphatic carbocycles. The summed E-state index contributed by atoms with van der Waals surface area (Å²) in [7, 11) is 0. The fraction of sp³-hybridized carbons (Fsp3) is 0.290. The molecule has 1 aliphatic rings. The number of halogens is 1. The molecule has 3 aromatic carbocycles. The second-order valence-electron chi connectivity index (χ2n) is 9.04. The third kappa shape index (κ3) is 6.83. The Morgan fingerprint density at radius 1 is 0.975 bits per heavy atom. The number of unbranched alkanes of at least 4 members (excludes halogenated alkanes) is 2. The average molecular weight is 547 g/mol. The minimum atomic E-state index is -0.659. The van der Waals surface area contributed by atoms with Crippen molar-refractivity contribution < 1.29 is 32.9 Å². The normalized spacial score (nSPS) is 14.0. The van der Waals surface area contributed by atoms with Gasteiger partial charge in [0.2, 0.25) is 5.88 Å². The Bertz CT molecular complexity index is 1410. The van der Waals surface area contributed by atoms with Gasteiger partial charge in [0.25, 0.3) is 0 Å². The third-order valence-corrected chi connectivity index (χ3v) is 6.20. The smallest absolute Gasteiger partial charge is 0.349 e. The maximum atomic E-state index is 13.1. The van der Waals surface area contributed by atoms with Crippen LogP contribution in [-0.4, -0.2) is 25.8 Å². The van der Waals surface area contributed by atoms with Crippen LogP contribution in [0.3, 0.4) is 0 Å². The molecule has 1 aliphatic heterocycles. The minimum Gasteiger partial charge on any atom is -0.490 e. The Kier molecular flexibility index (Phi) is 9.47. The first kappa shape index (κ1) is 28.3. The van der Waals surface area contributed by atoms with Crippen LogP contribution in [0.15, 0.2) is 72.1 Å². The summed E-state index contributed by atoms with van der Waals surface area (Å²) >= 11 is 0. The molecule has 0 saturated heterocycles. The fourth-order valence-electron chi connectivity index (χ4n) is 4.30. The molecule has 40 heavy (non-hydrogen) atoms. The van der Waals surface area contributed by atoms with Crippen molar-refractivity contribution in [2.45, 2.75) is 39.0 Å². The Morgan fingerprint density at radius 3 is 2.48 bits per heavy atom. The molecule has 0 aromatic heterocycles. The molecule has 1 unspecified atom stereocenters. The topological polar surface area (TPSA) is 113 Å². The van der Waals surface area contributed by atoms with Crippen LogP contribution in [0.5, 0.6) is 28.7 Å². The first-order chi connectivity index (χ1) is 19.4. The molecule has 0 radical (unpaired) electrons. The zero-order valence-electron chi connectivity index (χ0n) is 22.4. The summed E-state index contributed by atoms with van der Waals surface area (Å²) in [6, 6.07) is 17.9. The van der Waals surface area contributed by atoms with Crippen LogP contribution in [0.25, 0.3) is 0 Å². The van der Waals surface area contributed by atoms with Gasteiger partial charge < -0.3 is 29.4 Å². The number of nitriles is 1. The van der Waals surface area contributed by atoms with Crippen molar-refractivity contribution in [1.82, 2.24) is 0 Å². The molecule has 0 amide bonds. The van der Waals surface area contributed by atoms with E-state index in [0.29, 0.717) is 41.8 Å². The van der Waals surface area contributed by atoms with Gasteiger partial charge in [-0.25, -0.2) is 9.18 Å². The number of ether oxygens (including phenoxy) is 5. The predicted octanol–water partition coefficient (Wildman–Crippen LogP) is 6.00. The number of hydrogen-bond acceptors (Lipinski definition) is 8. The highest BCUT2D eigenvalue weighted by Crippen LogP contribution is 2.45. The summed E-state index contributed by atoms with van der Waals surface area (Å²) in [6.07, 6.45) is 3.12. The van der Waals surface area contributed by atoms with Gasteiger partial charge in [0.1, 0.15) is 34.7 Å². The Hall–Kier alpha value is -4.71. The van der Waals surface area contributed by atoms with Gasteiger partial charge >= 0.3 is 5.97 Å². The van der Waals surface area contributed by atoms with E-state index in [1.54, 1.807) is 12.1 Å². The summed E-state index contributed by atoms with van der Waals surface area (Å²) in [6.45, 7) is 4.68. The van der Waals surface area contributed by atoms with Gasteiger partial charge in [-0.1, -0.05) is 31.9 Å². The van der Waals surface area contributed by atoms with Gasteiger partial charge in [0, 0.05) is 11.6 Å². The molecule has 208 valence electrons. The number of carbonyl (C=O) groups is 1. The number of fused-ring (bicyclic) bond motifs is 1. The molecule has 0 saturated carbocycles. The predicted molar refractivity (Wildman–Crippen MR) is 146 cm³/mol. The van der Waals surface area contributed by atoms with Crippen LogP contribution >= 0.6 is 0 Å². The maximum Gasteiger partial charge on any atom is 0.349 e. The molecule has 3 aromatic rings. The van der Waals surface area contributed by atoms with E-state index in [4.69, 9.17) is 29.4 Å². The number of carbonyl (C=O) groups excluding carboxylic acids is 1. The number of benzene rings is 3. The Labute approximate surface area is 232 Å². The van der Waals surface area contributed by atoms with Crippen LogP contribution in [0.2, 0.25) is 0 Å². The SMILES string of the molecule is CCCCCOc1ccc(C2C(C#N)=C(N)Oc3cc(OC(=O)COc4ccc(F)cc4)ccc32)cc1OCC. The molecule has 8 nitrogen and oxygen atoms in total. The summed E-state index contributed by atoms with van der Waals surface area (Å²) in [4.78, 5) is 12.3. The number of rotatable bonds is 12. The van der Waals surface area contributed by atoms with Crippen molar-refractivity contribution in [3.8, 4) is 34.8 Å². The minimum absolute atomic E-state index is 0.0408. The quantitative estimate of drug-likeness (QED) is 0.167. The van der Waals surface area contributed by atoms with Crippen molar-refractivity contribution in [2.75, 3.05) is 19.8 Å². The first-order valence-corrected chi connectivity index (χ1v) is 13.1. The van der Waals surface area contributed by atoms with Gasteiger partial charge in [-0.2, -0.15) is 5.26 Å². The van der Waals surface area contributed by atoms with Gasteiger partial charge in [-0.3, -0.25) is 0 Å². The zero-order chi connectivity index (χ0) is 28.5. The largest absolute Gasteiger partial charge is 0.490 e. The highest BCUT2D eigenvalue weighted by molar-refractivity contribution is 5.74. The van der Waals surface area contributed by atoms with Gasteiger partial charge in [-0.15, -0.1) is 0 Å². The lowest BCUT2D eigenvalue weighted by atomic mass is 9.83. The van der Waals surface area contributed by atoms with Crippen molar-refractivity contribution in [1.29, 1.82) is 5.26 Å². The summed E-state index contributed by atoms with van der Waals surface area (Å²) in [5, 5.41) is 9.93. The summed E-state index contributed by atoms with van der Waals surface area (Å²) in [5.74, 6) is 0.468. The molecule has 0 bridgehead atoms. The lowest BCUT2D eigenvalue weighted by Crippen LogP contribution is -2.22. The number of hydrogen-bond donors (Lipinski definition) is 1. The van der Waals surface area contributed by atoms with Crippen molar-refractivity contribution in [2.24, 2.45) is 5.73 Å². The van der Waals surface area contributed by atoms with E-state index in [-0.39, 0.29) is 23.8 Å². The lowest BCUT2D eigenvalue weighted by Gasteiger charge is -2.27. The lowest BCUT2D eigenvalue weighted by molar-refractivity contribution is -0.136. The van der Waals surface area contributed by atoms with Crippen LogP contribution in [0.4, 0.5) is 4.39 Å². The van der Waals surface area contributed by atoms with Crippen molar-refractivity contribution >= 4 is 5.97 Å². The first-order valence-electron chi connectivity index (χ1n) is 13.1. The molecule has 4 rings (SSSR count). The molecule has 2 N–H and O–H groups in total. The van der Waals surface area contributed by atoms with Gasteiger partial charge in [0.05, 0.1) is 19.1 Å². The van der Waals surface area contributed by atoms with E-state index in [1.807, 2.05) is 25.1 Å². The van der Waals surface area contributed by atoms with E-state index in [0.717, 1.165) is 24.8 Å². The molecule has 0 fully saturated rings. The van der Waals surface area contributed by atoms with Crippen LogP contribution in [0.1, 0.15) is 50.2 Å². The van der Waals surface area contributed by atoms with Gasteiger partial charge in [0.15, 0.2) is 18.1 Å². The van der Waals surface area contributed by atoms with E-state index < -0.39 is 17.7 Å². The molecule has 1 heterocycles. The van der Waals surface area contributed by atoms with Crippen molar-refractivity contribution in [3.63, 3.8) is 0 Å². The fourth-order valence-corrected chi connectivity index (χ4v) is 4.30. The molecular formula is C31H31FN2O6. The van der Waals surface area contributed by atoms with Crippen LogP contribution < -0.4 is 29.4 Å². The number of nitrogens with zero attached hydrogens (tertiary/aromatic N) is 1. The van der Waals surface area contributed by atoms with Crippen LogP contribution in [-0.2, 0) is 4.79 Å². The monoisotopic (exact) mass is 546 g/mol. The Balaban J connectivity index is 1.55. The van der Waals surface area contributed by atoms with Gasteiger partial charge in [-0.05, 0) is 61.4 Å². The third-order valence-electron chi connectivity index (χ3n) is 6.20. The van der Waals surface area contributed by atoms with E-state index in [2.05, 4.69) is 13.0 Å².